The molecule has 25 heavy (non-hydrogen) atoms. The fourth-order valence-corrected chi connectivity index (χ4v) is 3.37. The number of hydrogen-bond acceptors (Lipinski definition) is 6. The van der Waals surface area contributed by atoms with Crippen LogP contribution in [0.1, 0.15) is 32.1 Å². The van der Waals surface area contributed by atoms with Crippen LogP contribution in [0, 0.1) is 0 Å². The molecule has 3 heterocycles. The lowest BCUT2D eigenvalue weighted by Crippen LogP contribution is -2.51. The number of amides is 2. The van der Waals surface area contributed by atoms with Crippen LogP contribution >= 0.6 is 0 Å². The van der Waals surface area contributed by atoms with Crippen molar-refractivity contribution in [1.82, 2.24) is 26.1 Å². The number of nitrogens with zero attached hydrogens (tertiary/aromatic N) is 3. The van der Waals surface area contributed by atoms with Crippen molar-refractivity contribution in [2.24, 2.45) is 0 Å². The van der Waals surface area contributed by atoms with Crippen molar-refractivity contribution >= 4 is 17.6 Å². The first kappa shape index (κ1) is 17.6. The van der Waals surface area contributed by atoms with Gasteiger partial charge >= 0.3 is 0 Å². The molecule has 0 saturated carbocycles. The van der Waals surface area contributed by atoms with Crippen molar-refractivity contribution in [3.63, 3.8) is 0 Å². The van der Waals surface area contributed by atoms with Crippen LogP contribution in [0.15, 0.2) is 18.3 Å². The van der Waals surface area contributed by atoms with E-state index in [4.69, 9.17) is 0 Å². The van der Waals surface area contributed by atoms with Gasteiger partial charge in [0.15, 0.2) is 5.82 Å². The van der Waals surface area contributed by atoms with Gasteiger partial charge < -0.3 is 20.9 Å². The maximum absolute atomic E-state index is 12.2. The number of rotatable bonds is 5. The van der Waals surface area contributed by atoms with Gasteiger partial charge in [-0.25, -0.2) is 0 Å². The summed E-state index contributed by atoms with van der Waals surface area (Å²) in [6.45, 7) is 2.67. The Labute approximate surface area is 147 Å². The summed E-state index contributed by atoms with van der Waals surface area (Å²) in [6, 6.07) is 3.65. The van der Waals surface area contributed by atoms with Gasteiger partial charge in [-0.3, -0.25) is 9.59 Å². The first-order valence-electron chi connectivity index (χ1n) is 9.05. The Kier molecular flexibility index (Phi) is 6.16. The van der Waals surface area contributed by atoms with E-state index in [1.807, 2.05) is 12.1 Å². The van der Waals surface area contributed by atoms with Gasteiger partial charge in [-0.15, -0.1) is 5.10 Å². The van der Waals surface area contributed by atoms with Crippen molar-refractivity contribution < 1.29 is 9.59 Å². The van der Waals surface area contributed by atoms with Gasteiger partial charge in [0.1, 0.15) is 6.04 Å². The van der Waals surface area contributed by atoms with Crippen LogP contribution in [0.2, 0.25) is 0 Å². The van der Waals surface area contributed by atoms with Crippen LogP contribution in [-0.4, -0.2) is 60.3 Å². The molecule has 2 atom stereocenters. The number of anilines is 1. The van der Waals surface area contributed by atoms with E-state index in [1.54, 1.807) is 6.20 Å². The normalized spacial score (nSPS) is 24.3. The summed E-state index contributed by atoms with van der Waals surface area (Å²) in [5.41, 5.74) is 0. The highest BCUT2D eigenvalue weighted by atomic mass is 16.2. The molecule has 0 radical (unpaired) electrons. The summed E-state index contributed by atoms with van der Waals surface area (Å²) in [7, 11) is 0. The Morgan fingerprint density at radius 3 is 3.08 bits per heavy atom. The molecule has 0 unspecified atom stereocenters. The van der Waals surface area contributed by atoms with Crippen LogP contribution in [0.4, 0.5) is 5.82 Å². The van der Waals surface area contributed by atoms with E-state index in [0.29, 0.717) is 13.0 Å². The zero-order valence-electron chi connectivity index (χ0n) is 14.4. The molecule has 2 fully saturated rings. The van der Waals surface area contributed by atoms with Crippen molar-refractivity contribution in [3.8, 4) is 0 Å². The van der Waals surface area contributed by atoms with Gasteiger partial charge in [0, 0.05) is 31.9 Å². The molecule has 0 bridgehead atoms. The van der Waals surface area contributed by atoms with E-state index < -0.39 is 6.04 Å². The molecule has 2 amide bonds. The van der Waals surface area contributed by atoms with Crippen LogP contribution in [0.3, 0.4) is 0 Å². The Hall–Kier alpha value is -2.22. The molecular formula is C17H26N6O2. The number of carbonyl (C=O) groups is 2. The average Bonchev–Trinajstić information content (AvgIpc) is 2.85. The molecule has 136 valence electrons. The monoisotopic (exact) mass is 346 g/mol. The second kappa shape index (κ2) is 8.75. The van der Waals surface area contributed by atoms with Crippen molar-refractivity contribution in [1.29, 1.82) is 0 Å². The summed E-state index contributed by atoms with van der Waals surface area (Å²) in [6.07, 6.45) is 6.36. The van der Waals surface area contributed by atoms with E-state index in [2.05, 4.69) is 31.0 Å². The Morgan fingerprint density at radius 2 is 2.24 bits per heavy atom. The lowest BCUT2D eigenvalue weighted by Gasteiger charge is -2.33. The maximum atomic E-state index is 12.2. The smallest absolute Gasteiger partial charge is 0.242 e. The van der Waals surface area contributed by atoms with Gasteiger partial charge in [-0.05, 0) is 44.2 Å². The zero-order chi connectivity index (χ0) is 17.5. The summed E-state index contributed by atoms with van der Waals surface area (Å²) in [4.78, 5) is 26.2. The van der Waals surface area contributed by atoms with Gasteiger partial charge in [0.25, 0.3) is 0 Å². The minimum Gasteiger partial charge on any atom is -0.354 e. The molecule has 8 nitrogen and oxygen atoms in total. The van der Waals surface area contributed by atoms with Gasteiger partial charge in [-0.1, -0.05) is 0 Å². The minimum absolute atomic E-state index is 0.0719. The van der Waals surface area contributed by atoms with E-state index in [1.165, 1.54) is 0 Å². The third-order valence-electron chi connectivity index (χ3n) is 4.73. The number of aromatic nitrogens is 2. The molecule has 0 aromatic carbocycles. The van der Waals surface area contributed by atoms with Crippen LogP contribution in [-0.2, 0) is 9.59 Å². The molecule has 8 heteroatoms. The second-order valence-electron chi connectivity index (χ2n) is 6.65. The molecule has 2 saturated heterocycles. The lowest BCUT2D eigenvalue weighted by molar-refractivity contribution is -0.128. The summed E-state index contributed by atoms with van der Waals surface area (Å²) < 4.78 is 0. The predicted octanol–water partition coefficient (Wildman–Crippen LogP) is -0.180. The highest BCUT2D eigenvalue weighted by Gasteiger charge is 2.24. The molecular weight excluding hydrogens is 320 g/mol. The van der Waals surface area contributed by atoms with Gasteiger partial charge in [0.2, 0.25) is 11.8 Å². The first-order valence-corrected chi connectivity index (χ1v) is 9.05. The Bertz CT molecular complexity index is 582. The average molecular weight is 346 g/mol. The van der Waals surface area contributed by atoms with E-state index in [9.17, 15) is 9.59 Å². The fourth-order valence-electron chi connectivity index (χ4n) is 3.37. The van der Waals surface area contributed by atoms with Gasteiger partial charge in [-0.2, -0.15) is 5.10 Å². The lowest BCUT2D eigenvalue weighted by atomic mass is 10.1. The predicted molar refractivity (Wildman–Crippen MR) is 94.1 cm³/mol. The number of carbonyl (C=O) groups excluding carboxylic acids is 2. The van der Waals surface area contributed by atoms with E-state index in [0.717, 1.165) is 44.6 Å². The molecule has 0 aliphatic carbocycles. The summed E-state index contributed by atoms with van der Waals surface area (Å²) in [5, 5.41) is 17.1. The van der Waals surface area contributed by atoms with Crippen LogP contribution in [0.25, 0.3) is 0 Å². The molecule has 3 N–H and O–H groups in total. The van der Waals surface area contributed by atoms with Crippen molar-refractivity contribution in [3.05, 3.63) is 18.3 Å². The summed E-state index contributed by atoms with van der Waals surface area (Å²) >= 11 is 0. The molecule has 3 rings (SSSR count). The Morgan fingerprint density at radius 1 is 1.32 bits per heavy atom. The molecule has 1 aromatic rings. The standard InChI is InChI=1S/C17H26N6O2/c24-16(21-14-6-1-2-8-18-17(14)25)11-19-13-5-4-10-23(12-13)15-7-3-9-20-22-15/h3,7,9,13-14,19H,1-2,4-6,8,10-12H2,(H,18,25)(H,21,24)/t13-,14-/m0/s1. The van der Waals surface area contributed by atoms with E-state index in [-0.39, 0.29) is 24.4 Å². The highest BCUT2D eigenvalue weighted by Crippen LogP contribution is 2.16. The number of nitrogens with one attached hydrogen (secondary N) is 3. The van der Waals surface area contributed by atoms with Crippen LogP contribution in [0.5, 0.6) is 0 Å². The second-order valence-corrected chi connectivity index (χ2v) is 6.65. The third-order valence-corrected chi connectivity index (χ3v) is 4.73. The van der Waals surface area contributed by atoms with Gasteiger partial charge in [0.05, 0.1) is 6.54 Å². The first-order chi connectivity index (χ1) is 12.2. The Balaban J connectivity index is 1.44. The van der Waals surface area contributed by atoms with Crippen molar-refractivity contribution in [2.45, 2.75) is 44.2 Å². The topological polar surface area (TPSA) is 99.2 Å². The number of piperidine rings is 1. The fraction of sp³-hybridized carbons (Fsp3) is 0.647. The van der Waals surface area contributed by atoms with Crippen molar-refractivity contribution in [2.75, 3.05) is 31.1 Å². The number of hydrogen-bond donors (Lipinski definition) is 3. The van der Waals surface area contributed by atoms with Crippen LogP contribution < -0.4 is 20.9 Å². The molecule has 0 spiro atoms. The molecule has 2 aliphatic heterocycles. The highest BCUT2D eigenvalue weighted by molar-refractivity contribution is 5.88. The summed E-state index contributed by atoms with van der Waals surface area (Å²) in [5.74, 6) is 0.671. The third kappa shape index (κ3) is 5.12. The van der Waals surface area contributed by atoms with E-state index >= 15 is 0 Å². The largest absolute Gasteiger partial charge is 0.354 e. The quantitative estimate of drug-likeness (QED) is 0.684. The maximum Gasteiger partial charge on any atom is 0.242 e. The molecule has 2 aliphatic rings. The zero-order valence-corrected chi connectivity index (χ0v) is 14.4. The molecule has 1 aromatic heterocycles. The minimum atomic E-state index is -0.403. The SMILES string of the molecule is O=C(CN[C@H]1CCCN(c2cccnn2)C1)N[C@H]1CCCCNC1=O.